The first-order chi connectivity index (χ1) is 10.2. The number of nitrogens with zero attached hydrogens (tertiary/aromatic N) is 3. The number of nitrogens with two attached hydrogens (primary N) is 1. The van der Waals surface area contributed by atoms with Gasteiger partial charge in [0.2, 0.25) is 0 Å². The number of halogens is 1. The van der Waals surface area contributed by atoms with Crippen LogP contribution in [-0.4, -0.2) is 15.0 Å². The number of hydrazine groups is 1. The molecule has 4 atom stereocenters. The van der Waals surface area contributed by atoms with Gasteiger partial charge in [-0.15, -0.1) is 5.10 Å². The van der Waals surface area contributed by atoms with Gasteiger partial charge in [0, 0.05) is 7.05 Å². The smallest absolute Gasteiger partial charge is 0.153 e. The predicted octanol–water partition coefficient (Wildman–Crippen LogP) is 2.06. The van der Waals surface area contributed by atoms with Gasteiger partial charge in [-0.25, -0.2) is 4.68 Å². The average Bonchev–Trinajstić information content (AvgIpc) is 3.15. The van der Waals surface area contributed by atoms with Gasteiger partial charge in [0.25, 0.3) is 0 Å². The quantitative estimate of drug-likeness (QED) is 0.658. The number of fused-ring (bicyclic) bond motifs is 3. The van der Waals surface area contributed by atoms with Gasteiger partial charge in [-0.1, -0.05) is 29.5 Å². The molecule has 0 spiro atoms. The van der Waals surface area contributed by atoms with Crippen molar-refractivity contribution in [1.82, 2.24) is 20.4 Å². The summed E-state index contributed by atoms with van der Waals surface area (Å²) in [5, 5.41) is 8.17. The molecular weight excluding hydrogens is 330 g/mol. The standard InChI is InChI=1S/C15H18BrN5/c1-21-14(15(16)19-20-21)13(18-17)12-10-7-6-8-4-2-3-5-9(8)11(10)12/h2-5,10-13,18H,6-7,17H2,1H3. The molecule has 110 valence electrons. The maximum absolute atomic E-state index is 5.88. The largest absolute Gasteiger partial charge is 0.271 e. The number of nitrogens with one attached hydrogen (secondary N) is 1. The van der Waals surface area contributed by atoms with Crippen LogP contribution >= 0.6 is 15.9 Å². The fourth-order valence-corrected chi connectivity index (χ4v) is 4.69. The van der Waals surface area contributed by atoms with Crippen molar-refractivity contribution in [3.05, 3.63) is 45.7 Å². The fourth-order valence-electron chi connectivity index (χ4n) is 4.12. The third-order valence-corrected chi connectivity index (χ3v) is 5.64. The first-order valence-corrected chi connectivity index (χ1v) is 8.10. The first kappa shape index (κ1) is 13.4. The summed E-state index contributed by atoms with van der Waals surface area (Å²) >= 11 is 3.50. The Morgan fingerprint density at radius 2 is 2.24 bits per heavy atom. The minimum Gasteiger partial charge on any atom is -0.271 e. The Labute approximate surface area is 132 Å². The van der Waals surface area contributed by atoms with Crippen LogP contribution in [0.2, 0.25) is 0 Å². The fraction of sp³-hybridized carbons (Fsp3) is 0.467. The van der Waals surface area contributed by atoms with Crippen molar-refractivity contribution in [2.24, 2.45) is 24.7 Å². The lowest BCUT2D eigenvalue weighted by molar-refractivity contribution is 0.431. The highest BCUT2D eigenvalue weighted by molar-refractivity contribution is 9.10. The van der Waals surface area contributed by atoms with Gasteiger partial charge in [-0.2, -0.15) is 0 Å². The van der Waals surface area contributed by atoms with E-state index in [1.807, 2.05) is 11.7 Å². The van der Waals surface area contributed by atoms with E-state index < -0.39 is 0 Å². The SMILES string of the molecule is Cn1nnc(Br)c1C(NN)C1C2CCc3ccccc3C21. The number of hydrogen-bond acceptors (Lipinski definition) is 4. The first-order valence-electron chi connectivity index (χ1n) is 7.31. The number of rotatable bonds is 3. The Morgan fingerprint density at radius 3 is 2.95 bits per heavy atom. The van der Waals surface area contributed by atoms with E-state index in [0.29, 0.717) is 17.8 Å². The van der Waals surface area contributed by atoms with E-state index in [4.69, 9.17) is 5.84 Å². The van der Waals surface area contributed by atoms with Crippen LogP contribution < -0.4 is 11.3 Å². The molecular formula is C15H18BrN5. The second kappa shape index (κ2) is 4.90. The molecule has 1 heterocycles. The van der Waals surface area contributed by atoms with Crippen LogP contribution in [0.5, 0.6) is 0 Å². The Balaban J connectivity index is 1.70. The van der Waals surface area contributed by atoms with E-state index >= 15 is 0 Å². The Hall–Kier alpha value is -1.24. The zero-order valence-electron chi connectivity index (χ0n) is 11.8. The third-order valence-electron chi connectivity index (χ3n) is 5.08. The van der Waals surface area contributed by atoms with E-state index in [0.717, 1.165) is 10.3 Å². The van der Waals surface area contributed by atoms with Crippen molar-refractivity contribution < 1.29 is 0 Å². The molecule has 6 heteroatoms. The normalized spacial score (nSPS) is 27.9. The molecule has 4 unspecified atom stereocenters. The minimum absolute atomic E-state index is 0.0838. The van der Waals surface area contributed by atoms with Crippen molar-refractivity contribution in [3.63, 3.8) is 0 Å². The average molecular weight is 348 g/mol. The highest BCUT2D eigenvalue weighted by Gasteiger charge is 2.57. The summed E-state index contributed by atoms with van der Waals surface area (Å²) in [5.41, 5.74) is 7.05. The number of aryl methyl sites for hydroxylation is 2. The molecule has 1 aromatic carbocycles. The summed E-state index contributed by atoms with van der Waals surface area (Å²) in [6, 6.07) is 8.89. The van der Waals surface area contributed by atoms with Crippen LogP contribution in [0.1, 0.15) is 35.2 Å². The van der Waals surface area contributed by atoms with Gasteiger partial charge < -0.3 is 0 Å². The highest BCUT2D eigenvalue weighted by atomic mass is 79.9. The third kappa shape index (κ3) is 1.97. The molecule has 0 amide bonds. The summed E-state index contributed by atoms with van der Waals surface area (Å²) in [6.45, 7) is 0. The second-order valence-electron chi connectivity index (χ2n) is 6.04. The molecule has 0 saturated heterocycles. The monoisotopic (exact) mass is 347 g/mol. The van der Waals surface area contributed by atoms with Crippen LogP contribution in [-0.2, 0) is 13.5 Å². The molecule has 1 fully saturated rings. The summed E-state index contributed by atoms with van der Waals surface area (Å²) < 4.78 is 2.59. The maximum Gasteiger partial charge on any atom is 0.153 e. The zero-order valence-corrected chi connectivity index (χ0v) is 13.4. The van der Waals surface area contributed by atoms with Gasteiger partial charge in [-0.3, -0.25) is 11.3 Å². The molecule has 0 aliphatic heterocycles. The molecule has 2 aliphatic rings. The Morgan fingerprint density at radius 1 is 1.43 bits per heavy atom. The molecule has 5 nitrogen and oxygen atoms in total. The van der Waals surface area contributed by atoms with Gasteiger partial charge in [0.05, 0.1) is 11.7 Å². The van der Waals surface area contributed by atoms with E-state index in [1.54, 1.807) is 0 Å². The molecule has 1 saturated carbocycles. The summed E-state index contributed by atoms with van der Waals surface area (Å²) in [4.78, 5) is 0. The molecule has 2 aliphatic carbocycles. The van der Waals surface area contributed by atoms with Crippen LogP contribution in [0.3, 0.4) is 0 Å². The van der Waals surface area contributed by atoms with Gasteiger partial charge in [0.1, 0.15) is 0 Å². The second-order valence-corrected chi connectivity index (χ2v) is 6.79. The highest BCUT2D eigenvalue weighted by Crippen LogP contribution is 2.64. The van der Waals surface area contributed by atoms with Crippen molar-refractivity contribution in [2.75, 3.05) is 0 Å². The lowest BCUT2D eigenvalue weighted by Gasteiger charge is -2.16. The van der Waals surface area contributed by atoms with Gasteiger partial charge >= 0.3 is 0 Å². The maximum atomic E-state index is 5.88. The molecule has 21 heavy (non-hydrogen) atoms. The summed E-state index contributed by atoms with van der Waals surface area (Å²) in [5.74, 6) is 7.72. The van der Waals surface area contributed by atoms with Gasteiger partial charge in [0.15, 0.2) is 4.60 Å². The van der Waals surface area contributed by atoms with Crippen LogP contribution in [0.4, 0.5) is 0 Å². The van der Waals surface area contributed by atoms with Crippen molar-refractivity contribution >= 4 is 15.9 Å². The van der Waals surface area contributed by atoms with Crippen LogP contribution in [0, 0.1) is 11.8 Å². The molecule has 4 rings (SSSR count). The summed E-state index contributed by atoms with van der Waals surface area (Å²) in [6.07, 6.45) is 2.42. The Kier molecular flexibility index (Phi) is 3.13. The molecule has 3 N–H and O–H groups in total. The van der Waals surface area contributed by atoms with E-state index in [9.17, 15) is 0 Å². The molecule has 0 bridgehead atoms. The Bertz CT molecular complexity index is 663. The lowest BCUT2D eigenvalue weighted by Crippen LogP contribution is -2.32. The van der Waals surface area contributed by atoms with Crippen LogP contribution in [0.25, 0.3) is 0 Å². The molecule has 1 aromatic heterocycles. The van der Waals surface area contributed by atoms with Crippen molar-refractivity contribution in [1.29, 1.82) is 0 Å². The van der Waals surface area contributed by atoms with Crippen LogP contribution in [0.15, 0.2) is 28.9 Å². The zero-order chi connectivity index (χ0) is 14.6. The molecule has 2 aromatic rings. The summed E-state index contributed by atoms with van der Waals surface area (Å²) in [7, 11) is 1.91. The number of benzene rings is 1. The van der Waals surface area contributed by atoms with Crippen molar-refractivity contribution in [2.45, 2.75) is 24.8 Å². The predicted molar refractivity (Wildman–Crippen MR) is 83.3 cm³/mol. The lowest BCUT2D eigenvalue weighted by atomic mass is 9.92. The van der Waals surface area contributed by atoms with Crippen molar-refractivity contribution in [3.8, 4) is 0 Å². The van der Waals surface area contributed by atoms with E-state index in [2.05, 4.69) is 55.9 Å². The van der Waals surface area contributed by atoms with E-state index in [-0.39, 0.29) is 6.04 Å². The van der Waals surface area contributed by atoms with Gasteiger partial charge in [-0.05, 0) is 57.7 Å². The molecule has 0 radical (unpaired) electrons. The topological polar surface area (TPSA) is 68.8 Å². The minimum atomic E-state index is 0.0838. The number of aromatic nitrogens is 3. The number of hydrogen-bond donors (Lipinski definition) is 2. The van der Waals surface area contributed by atoms with E-state index in [1.165, 1.54) is 24.0 Å².